The van der Waals surface area contributed by atoms with Crippen LogP contribution in [0.5, 0.6) is 5.75 Å². The Hall–Kier alpha value is -2.87. The number of hydrogen-bond donors (Lipinski definition) is 0. The summed E-state index contributed by atoms with van der Waals surface area (Å²) >= 11 is 6.01. The van der Waals surface area contributed by atoms with E-state index in [-0.39, 0.29) is 36.3 Å². The third-order valence-corrected chi connectivity index (χ3v) is 4.69. The van der Waals surface area contributed by atoms with E-state index >= 15 is 0 Å². The van der Waals surface area contributed by atoms with E-state index in [0.717, 1.165) is 23.8 Å². The van der Waals surface area contributed by atoms with E-state index in [9.17, 15) is 14.0 Å². The van der Waals surface area contributed by atoms with Crippen LogP contribution in [-0.2, 0) is 14.3 Å². The lowest BCUT2D eigenvalue weighted by molar-refractivity contribution is -0.120. The topological polar surface area (TPSA) is 79.6 Å². The van der Waals surface area contributed by atoms with Gasteiger partial charge < -0.3 is 9.47 Å². The van der Waals surface area contributed by atoms with Crippen LogP contribution >= 0.6 is 11.6 Å². The number of amides is 2. The van der Waals surface area contributed by atoms with E-state index in [1.807, 2.05) is 6.07 Å². The third-order valence-electron chi connectivity index (χ3n) is 4.40. The van der Waals surface area contributed by atoms with E-state index in [4.69, 9.17) is 26.3 Å². The summed E-state index contributed by atoms with van der Waals surface area (Å²) in [6.07, 6.45) is 2.72. The molecule has 2 amide bonds. The lowest BCUT2D eigenvalue weighted by Gasteiger charge is -2.17. The summed E-state index contributed by atoms with van der Waals surface area (Å²) in [6.45, 7) is -0.0384. The number of anilines is 1. The Morgan fingerprint density at radius 3 is 2.36 bits per heavy atom. The summed E-state index contributed by atoms with van der Waals surface area (Å²) in [7, 11) is 0. The minimum absolute atomic E-state index is 0.000554. The van der Waals surface area contributed by atoms with Gasteiger partial charge in [0.1, 0.15) is 31.4 Å². The fraction of sp³-hybridized carbons (Fsp3) is 0.350. The molecule has 0 atom stereocenters. The first-order valence-corrected chi connectivity index (χ1v) is 9.05. The van der Waals surface area contributed by atoms with Gasteiger partial charge in [-0.1, -0.05) is 23.4 Å². The molecule has 144 valence electrons. The highest BCUT2D eigenvalue weighted by Crippen LogP contribution is 2.39. The van der Waals surface area contributed by atoms with E-state index < -0.39 is 17.6 Å². The van der Waals surface area contributed by atoms with Crippen LogP contribution in [0.15, 0.2) is 23.3 Å². The highest BCUT2D eigenvalue weighted by atomic mass is 35.5. The smallest absolute Gasteiger partial charge is 0.261 e. The number of nitrogens with zero attached hydrogens (tertiary/aromatic N) is 2. The van der Waals surface area contributed by atoms with Gasteiger partial charge in [0.05, 0.1) is 16.8 Å². The minimum atomic E-state index is -0.783. The van der Waals surface area contributed by atoms with Gasteiger partial charge in [0, 0.05) is 17.2 Å². The first-order chi connectivity index (χ1) is 13.5. The van der Waals surface area contributed by atoms with Gasteiger partial charge in [-0.05, 0) is 31.7 Å². The number of imide groups is 1. The first kappa shape index (κ1) is 19.9. The molecular formula is C20H16ClFN2O4. The van der Waals surface area contributed by atoms with Gasteiger partial charge in [-0.25, -0.2) is 9.29 Å². The Morgan fingerprint density at radius 1 is 1.07 bits per heavy atom. The van der Waals surface area contributed by atoms with Gasteiger partial charge in [0.15, 0.2) is 0 Å². The molecule has 1 aliphatic heterocycles. The van der Waals surface area contributed by atoms with Crippen LogP contribution in [-0.4, -0.2) is 31.6 Å². The zero-order valence-corrected chi connectivity index (χ0v) is 15.6. The summed E-state index contributed by atoms with van der Waals surface area (Å²) in [5, 5.41) is 8.34. The van der Waals surface area contributed by atoms with E-state index in [0.29, 0.717) is 24.0 Å². The van der Waals surface area contributed by atoms with Gasteiger partial charge in [-0.3, -0.25) is 9.59 Å². The molecule has 0 saturated heterocycles. The number of hydrogen-bond acceptors (Lipinski definition) is 5. The highest BCUT2D eigenvalue weighted by Gasteiger charge is 2.41. The lowest BCUT2D eigenvalue weighted by Crippen LogP contribution is -2.32. The van der Waals surface area contributed by atoms with Crippen LogP contribution in [0.4, 0.5) is 10.1 Å². The second kappa shape index (κ2) is 8.88. The second-order valence-corrected chi connectivity index (χ2v) is 6.54. The summed E-state index contributed by atoms with van der Waals surface area (Å²) in [5.41, 5.74) is 0.752. The monoisotopic (exact) mass is 402 g/mol. The maximum atomic E-state index is 14.5. The first-order valence-electron chi connectivity index (χ1n) is 8.67. The molecule has 0 spiro atoms. The van der Waals surface area contributed by atoms with Gasteiger partial charge in [-0.2, -0.15) is 5.26 Å². The van der Waals surface area contributed by atoms with Crippen LogP contribution in [0.3, 0.4) is 0 Å². The lowest BCUT2D eigenvalue weighted by atomic mass is 9.93. The fourth-order valence-electron chi connectivity index (χ4n) is 3.12. The molecule has 1 aromatic rings. The average Bonchev–Trinajstić information content (AvgIpc) is 2.94. The van der Waals surface area contributed by atoms with Crippen molar-refractivity contribution >= 4 is 29.1 Å². The molecule has 0 fully saturated rings. The van der Waals surface area contributed by atoms with Crippen LogP contribution in [0.1, 0.15) is 25.7 Å². The zero-order chi connectivity index (χ0) is 20.1. The molecule has 0 bridgehead atoms. The quantitative estimate of drug-likeness (QED) is 0.429. The van der Waals surface area contributed by atoms with Crippen molar-refractivity contribution in [3.63, 3.8) is 0 Å². The number of benzene rings is 1. The average molecular weight is 403 g/mol. The molecule has 1 aromatic carbocycles. The van der Waals surface area contributed by atoms with Crippen molar-refractivity contribution in [3.8, 4) is 23.7 Å². The van der Waals surface area contributed by atoms with Crippen LogP contribution in [0.2, 0.25) is 5.02 Å². The fourth-order valence-corrected chi connectivity index (χ4v) is 3.33. The molecular weight excluding hydrogens is 387 g/mol. The number of carbonyl (C=O) groups is 2. The Kier molecular flexibility index (Phi) is 6.30. The van der Waals surface area contributed by atoms with Gasteiger partial charge in [-0.15, -0.1) is 0 Å². The predicted octanol–water partition coefficient (Wildman–Crippen LogP) is 3.15. The maximum absolute atomic E-state index is 14.5. The van der Waals surface area contributed by atoms with E-state index in [2.05, 4.69) is 11.8 Å². The number of halogens is 2. The van der Waals surface area contributed by atoms with Crippen molar-refractivity contribution in [1.82, 2.24) is 0 Å². The molecule has 0 aromatic heterocycles. The van der Waals surface area contributed by atoms with Gasteiger partial charge in [0.25, 0.3) is 11.8 Å². The molecule has 0 radical (unpaired) electrons. The molecule has 3 rings (SSSR count). The zero-order valence-electron chi connectivity index (χ0n) is 14.9. The molecule has 8 heteroatoms. The molecule has 1 aliphatic carbocycles. The summed E-state index contributed by atoms with van der Waals surface area (Å²) in [4.78, 5) is 26.1. The van der Waals surface area contributed by atoms with Crippen molar-refractivity contribution in [3.05, 3.63) is 34.1 Å². The Labute approximate surface area is 166 Å². The minimum Gasteiger partial charge on any atom is -0.479 e. The van der Waals surface area contributed by atoms with Gasteiger partial charge >= 0.3 is 0 Å². The van der Waals surface area contributed by atoms with Crippen LogP contribution in [0, 0.1) is 29.0 Å². The summed E-state index contributed by atoms with van der Waals surface area (Å²) in [5.74, 6) is 3.67. The molecule has 6 nitrogen and oxygen atoms in total. The number of rotatable bonds is 5. The van der Waals surface area contributed by atoms with Crippen molar-refractivity contribution in [2.45, 2.75) is 25.7 Å². The van der Waals surface area contributed by atoms with Crippen molar-refractivity contribution < 1.29 is 23.5 Å². The normalized spacial score (nSPS) is 15.8. The SMILES string of the molecule is N#CCOCC#CCOc1cc(N2C(=O)C3=C(CCCC3)C2=O)c(F)cc1Cl. The van der Waals surface area contributed by atoms with Crippen molar-refractivity contribution in [2.24, 2.45) is 0 Å². The largest absolute Gasteiger partial charge is 0.479 e. The van der Waals surface area contributed by atoms with E-state index in [1.165, 1.54) is 6.07 Å². The standard InChI is InChI=1S/C20H16ClFN2O4/c21-15-11-16(22)17(12-18(15)28-9-4-3-8-27-10-7-23)24-19(25)13-5-1-2-6-14(13)20(24)26/h11-12H,1-2,5-6,8-10H2. The number of ether oxygens (including phenoxy) is 2. The predicted molar refractivity (Wildman–Crippen MR) is 99.1 cm³/mol. The number of nitriles is 1. The highest BCUT2D eigenvalue weighted by molar-refractivity contribution is 6.34. The Bertz CT molecular complexity index is 927. The second-order valence-electron chi connectivity index (χ2n) is 6.14. The number of carbonyl (C=O) groups excluding carboxylic acids is 2. The van der Waals surface area contributed by atoms with Crippen LogP contribution < -0.4 is 9.64 Å². The molecule has 28 heavy (non-hydrogen) atoms. The molecule has 0 unspecified atom stereocenters. The Morgan fingerprint density at radius 2 is 1.71 bits per heavy atom. The summed E-state index contributed by atoms with van der Waals surface area (Å²) < 4.78 is 24.8. The Balaban J connectivity index is 1.76. The van der Waals surface area contributed by atoms with Crippen molar-refractivity contribution in [1.29, 1.82) is 5.26 Å². The molecule has 0 saturated carbocycles. The molecule has 2 aliphatic rings. The molecule has 0 N–H and O–H groups in total. The summed E-state index contributed by atoms with van der Waals surface area (Å²) in [6, 6.07) is 4.06. The third kappa shape index (κ3) is 4.01. The van der Waals surface area contributed by atoms with Crippen molar-refractivity contribution in [2.75, 3.05) is 24.7 Å². The van der Waals surface area contributed by atoms with Crippen LogP contribution in [0.25, 0.3) is 0 Å². The molecule has 1 heterocycles. The van der Waals surface area contributed by atoms with Gasteiger partial charge in [0.2, 0.25) is 0 Å². The maximum Gasteiger partial charge on any atom is 0.261 e. The van der Waals surface area contributed by atoms with E-state index in [1.54, 1.807) is 0 Å².